The van der Waals surface area contributed by atoms with Crippen LogP contribution in [-0.4, -0.2) is 35.6 Å². The molecule has 19 heavy (non-hydrogen) atoms. The molecule has 0 aliphatic heterocycles. The third-order valence-corrected chi connectivity index (χ3v) is 2.84. The number of aryl methyl sites for hydroxylation is 1. The van der Waals surface area contributed by atoms with Crippen LogP contribution in [0, 0.1) is 6.92 Å². The first kappa shape index (κ1) is 15.0. The maximum Gasteiger partial charge on any atom is 0.337 e. The molecule has 0 aromatic heterocycles. The summed E-state index contributed by atoms with van der Waals surface area (Å²) in [4.78, 5) is 24.6. The highest BCUT2D eigenvalue weighted by Crippen LogP contribution is 2.17. The van der Waals surface area contributed by atoms with Crippen LogP contribution in [-0.2, 0) is 0 Å². The fraction of sp³-hybridized carbons (Fsp3) is 0.429. The van der Waals surface area contributed by atoms with Gasteiger partial charge in [0.25, 0.3) is 0 Å². The number of anilines is 1. The Kier molecular flexibility index (Phi) is 5.36. The number of hydrogen-bond acceptors (Lipinski definition) is 2. The summed E-state index contributed by atoms with van der Waals surface area (Å²) in [6, 6.07) is 4.64. The molecule has 1 aromatic rings. The lowest BCUT2D eigenvalue weighted by molar-refractivity contribution is 0.0698. The van der Waals surface area contributed by atoms with E-state index in [1.165, 1.54) is 0 Å². The van der Waals surface area contributed by atoms with Gasteiger partial charge in [0.2, 0.25) is 0 Å². The summed E-state index contributed by atoms with van der Waals surface area (Å²) in [6.45, 7) is 4.51. The Bertz CT molecular complexity index is 472. The van der Waals surface area contributed by atoms with Crippen LogP contribution in [0.4, 0.5) is 10.5 Å². The van der Waals surface area contributed by atoms with Crippen molar-refractivity contribution in [2.24, 2.45) is 0 Å². The molecule has 0 atom stereocenters. The van der Waals surface area contributed by atoms with Crippen molar-refractivity contribution in [3.63, 3.8) is 0 Å². The molecule has 0 aliphatic rings. The van der Waals surface area contributed by atoms with E-state index < -0.39 is 5.97 Å². The van der Waals surface area contributed by atoms with E-state index in [9.17, 15) is 9.59 Å². The highest BCUT2D eigenvalue weighted by Gasteiger charge is 2.14. The van der Waals surface area contributed by atoms with Crippen LogP contribution in [0.2, 0.25) is 0 Å². The molecule has 1 rings (SSSR count). The van der Waals surface area contributed by atoms with E-state index in [0.717, 1.165) is 18.4 Å². The van der Waals surface area contributed by atoms with Crippen LogP contribution in [0.3, 0.4) is 0 Å². The topological polar surface area (TPSA) is 69.6 Å². The van der Waals surface area contributed by atoms with Crippen molar-refractivity contribution in [2.45, 2.75) is 26.7 Å². The normalized spacial score (nSPS) is 10.1. The van der Waals surface area contributed by atoms with E-state index in [2.05, 4.69) is 5.32 Å². The van der Waals surface area contributed by atoms with Crippen LogP contribution >= 0.6 is 0 Å². The number of unbranched alkanes of at least 4 members (excludes halogenated alkanes) is 1. The first-order valence-electron chi connectivity index (χ1n) is 6.31. The summed E-state index contributed by atoms with van der Waals surface area (Å²) < 4.78 is 0. The van der Waals surface area contributed by atoms with Crippen molar-refractivity contribution in [3.05, 3.63) is 29.3 Å². The Morgan fingerprint density at radius 2 is 2.05 bits per heavy atom. The number of benzene rings is 1. The van der Waals surface area contributed by atoms with Gasteiger partial charge in [0, 0.05) is 13.6 Å². The molecule has 0 heterocycles. The largest absolute Gasteiger partial charge is 0.478 e. The first-order valence-corrected chi connectivity index (χ1v) is 6.31. The minimum Gasteiger partial charge on any atom is -0.478 e. The molecule has 0 saturated carbocycles. The number of carboxylic acid groups (broad SMARTS) is 1. The molecule has 0 radical (unpaired) electrons. The molecule has 2 amide bonds. The number of amides is 2. The van der Waals surface area contributed by atoms with Crippen LogP contribution in [0.1, 0.15) is 35.7 Å². The van der Waals surface area contributed by atoms with E-state index in [-0.39, 0.29) is 11.6 Å². The van der Waals surface area contributed by atoms with Gasteiger partial charge in [-0.3, -0.25) is 0 Å². The van der Waals surface area contributed by atoms with Gasteiger partial charge in [0.15, 0.2) is 0 Å². The number of nitrogens with one attached hydrogen (secondary N) is 1. The van der Waals surface area contributed by atoms with Gasteiger partial charge in [0.05, 0.1) is 11.3 Å². The van der Waals surface area contributed by atoms with E-state index in [4.69, 9.17) is 5.11 Å². The van der Waals surface area contributed by atoms with Crippen molar-refractivity contribution in [1.82, 2.24) is 4.90 Å². The summed E-state index contributed by atoms with van der Waals surface area (Å²) in [5.74, 6) is -1.05. The average Bonchev–Trinajstić information content (AvgIpc) is 2.37. The van der Waals surface area contributed by atoms with Gasteiger partial charge in [-0.15, -0.1) is 0 Å². The highest BCUT2D eigenvalue weighted by atomic mass is 16.4. The predicted molar refractivity (Wildman–Crippen MR) is 74.7 cm³/mol. The molecule has 5 heteroatoms. The molecule has 5 nitrogen and oxygen atoms in total. The monoisotopic (exact) mass is 264 g/mol. The van der Waals surface area contributed by atoms with Crippen molar-refractivity contribution in [2.75, 3.05) is 18.9 Å². The summed E-state index contributed by atoms with van der Waals surface area (Å²) in [6.07, 6.45) is 1.92. The fourth-order valence-electron chi connectivity index (χ4n) is 1.65. The number of aromatic carboxylic acids is 1. The van der Waals surface area contributed by atoms with Crippen LogP contribution < -0.4 is 5.32 Å². The molecular formula is C14H20N2O3. The SMILES string of the molecule is CCCCN(C)C(=O)Nc1ccc(C)cc1C(=O)O. The van der Waals surface area contributed by atoms with Gasteiger partial charge in [-0.25, -0.2) is 9.59 Å². The third kappa shape index (κ3) is 4.28. The molecule has 0 aliphatic carbocycles. The smallest absolute Gasteiger partial charge is 0.337 e. The van der Waals surface area contributed by atoms with E-state index in [0.29, 0.717) is 12.2 Å². The van der Waals surface area contributed by atoms with Gasteiger partial charge >= 0.3 is 12.0 Å². The molecule has 104 valence electrons. The van der Waals surface area contributed by atoms with E-state index in [1.807, 2.05) is 13.8 Å². The maximum absolute atomic E-state index is 11.9. The van der Waals surface area contributed by atoms with Gasteiger partial charge in [-0.2, -0.15) is 0 Å². The number of nitrogens with zero attached hydrogens (tertiary/aromatic N) is 1. The lowest BCUT2D eigenvalue weighted by Gasteiger charge is -2.18. The van der Waals surface area contributed by atoms with Crippen LogP contribution in [0.15, 0.2) is 18.2 Å². The highest BCUT2D eigenvalue weighted by molar-refractivity contribution is 6.00. The number of carbonyl (C=O) groups is 2. The van der Waals surface area contributed by atoms with E-state index >= 15 is 0 Å². The molecule has 0 saturated heterocycles. The maximum atomic E-state index is 11.9. The summed E-state index contributed by atoms with van der Waals surface area (Å²) in [7, 11) is 1.69. The Labute approximate surface area is 113 Å². The zero-order chi connectivity index (χ0) is 14.4. The van der Waals surface area contributed by atoms with E-state index in [1.54, 1.807) is 30.1 Å². The molecule has 2 N–H and O–H groups in total. The first-order chi connectivity index (χ1) is 8.95. The quantitative estimate of drug-likeness (QED) is 0.859. The van der Waals surface area contributed by atoms with Crippen LogP contribution in [0.5, 0.6) is 0 Å². The molecule has 0 unspecified atom stereocenters. The number of carbonyl (C=O) groups excluding carboxylic acids is 1. The summed E-state index contributed by atoms with van der Waals surface area (Å²) in [5.41, 5.74) is 1.28. The minimum absolute atomic E-state index is 0.109. The lowest BCUT2D eigenvalue weighted by atomic mass is 10.1. The molecule has 1 aromatic carbocycles. The van der Waals surface area contributed by atoms with Gasteiger partial charge < -0.3 is 15.3 Å². The third-order valence-electron chi connectivity index (χ3n) is 2.84. The number of urea groups is 1. The molecule has 0 fully saturated rings. The Hall–Kier alpha value is -2.04. The van der Waals surface area contributed by atoms with Gasteiger partial charge in [0.1, 0.15) is 0 Å². The number of carboxylic acids is 1. The lowest BCUT2D eigenvalue weighted by Crippen LogP contribution is -2.32. The van der Waals surface area contributed by atoms with Crippen LogP contribution in [0.25, 0.3) is 0 Å². The second kappa shape index (κ2) is 6.78. The summed E-state index contributed by atoms with van der Waals surface area (Å²) >= 11 is 0. The summed E-state index contributed by atoms with van der Waals surface area (Å²) in [5, 5.41) is 11.8. The zero-order valence-corrected chi connectivity index (χ0v) is 11.6. The standard InChI is InChI=1S/C14H20N2O3/c1-4-5-8-16(3)14(19)15-12-7-6-10(2)9-11(12)13(17)18/h6-7,9H,4-5,8H2,1-3H3,(H,15,19)(H,17,18). The Morgan fingerprint density at radius 3 is 2.63 bits per heavy atom. The number of hydrogen-bond donors (Lipinski definition) is 2. The van der Waals surface area contributed by atoms with Gasteiger partial charge in [-0.05, 0) is 25.5 Å². The minimum atomic E-state index is -1.05. The second-order valence-corrected chi connectivity index (χ2v) is 4.56. The predicted octanol–water partition coefficient (Wildman–Crippen LogP) is 2.96. The average molecular weight is 264 g/mol. The molecule has 0 bridgehead atoms. The fourth-order valence-corrected chi connectivity index (χ4v) is 1.65. The Morgan fingerprint density at radius 1 is 1.37 bits per heavy atom. The Balaban J connectivity index is 2.81. The second-order valence-electron chi connectivity index (χ2n) is 4.56. The molecular weight excluding hydrogens is 244 g/mol. The molecule has 0 spiro atoms. The van der Waals surface area contributed by atoms with Crippen molar-refractivity contribution in [3.8, 4) is 0 Å². The van der Waals surface area contributed by atoms with Gasteiger partial charge in [-0.1, -0.05) is 25.0 Å². The van der Waals surface area contributed by atoms with Crippen molar-refractivity contribution >= 4 is 17.7 Å². The van der Waals surface area contributed by atoms with Crippen molar-refractivity contribution in [1.29, 1.82) is 0 Å². The number of rotatable bonds is 5. The zero-order valence-electron chi connectivity index (χ0n) is 11.6. The van der Waals surface area contributed by atoms with Crippen molar-refractivity contribution < 1.29 is 14.7 Å².